The molecule has 0 aromatic heterocycles. The van der Waals surface area contributed by atoms with Crippen LogP contribution >= 0.6 is 0 Å². The summed E-state index contributed by atoms with van der Waals surface area (Å²) in [6, 6.07) is 8.35. The number of piperidine rings is 3. The lowest BCUT2D eigenvalue weighted by Crippen LogP contribution is -2.68. The molecule has 5 heterocycles. The van der Waals surface area contributed by atoms with Gasteiger partial charge in [-0.25, -0.2) is 0 Å². The van der Waals surface area contributed by atoms with E-state index in [0.29, 0.717) is 24.9 Å². The van der Waals surface area contributed by atoms with Crippen molar-refractivity contribution in [1.82, 2.24) is 4.90 Å². The van der Waals surface area contributed by atoms with E-state index in [1.165, 1.54) is 6.42 Å². The normalized spacial score (nSPS) is 47.0. The van der Waals surface area contributed by atoms with Crippen molar-refractivity contribution in [3.63, 3.8) is 0 Å². The SMILES string of the molecule is C=C[C@H]1CN2CC[C@@H]1C[C@@H]2[C@]12Nc3ccccc3[C@@]1(O)CCO2. The van der Waals surface area contributed by atoms with E-state index in [-0.39, 0.29) is 6.04 Å². The molecule has 1 aromatic carbocycles. The van der Waals surface area contributed by atoms with Crippen LogP contribution in [0.4, 0.5) is 5.69 Å². The van der Waals surface area contributed by atoms with Crippen LogP contribution in [0, 0.1) is 11.8 Å². The third kappa shape index (κ3) is 1.61. The van der Waals surface area contributed by atoms with Crippen LogP contribution in [-0.2, 0) is 10.3 Å². The molecule has 1 unspecified atom stereocenters. The van der Waals surface area contributed by atoms with E-state index in [1.807, 2.05) is 18.2 Å². The first-order valence-corrected chi connectivity index (χ1v) is 8.78. The molecule has 122 valence electrons. The van der Waals surface area contributed by atoms with Crippen molar-refractivity contribution in [2.75, 3.05) is 25.0 Å². The van der Waals surface area contributed by atoms with Gasteiger partial charge in [0.2, 0.25) is 0 Å². The molecule has 1 aromatic rings. The van der Waals surface area contributed by atoms with Crippen LogP contribution in [0.25, 0.3) is 0 Å². The fourth-order valence-corrected chi connectivity index (χ4v) is 5.51. The van der Waals surface area contributed by atoms with Crippen LogP contribution in [0.1, 0.15) is 24.8 Å². The van der Waals surface area contributed by atoms with E-state index >= 15 is 0 Å². The second-order valence-corrected chi connectivity index (χ2v) is 7.56. The van der Waals surface area contributed by atoms with Crippen molar-refractivity contribution in [1.29, 1.82) is 0 Å². The molecule has 0 aliphatic carbocycles. The Kier molecular flexibility index (Phi) is 2.80. The number of hydrogen-bond acceptors (Lipinski definition) is 4. The molecular weight excluding hydrogens is 288 g/mol. The third-order valence-corrected chi connectivity index (χ3v) is 6.68. The molecule has 23 heavy (non-hydrogen) atoms. The Balaban J connectivity index is 1.57. The van der Waals surface area contributed by atoms with Gasteiger partial charge in [-0.3, -0.25) is 4.90 Å². The zero-order chi connectivity index (χ0) is 15.7. The maximum absolute atomic E-state index is 11.6. The summed E-state index contributed by atoms with van der Waals surface area (Å²) in [7, 11) is 0. The molecule has 6 atom stereocenters. The lowest BCUT2D eigenvalue weighted by molar-refractivity contribution is -0.168. The van der Waals surface area contributed by atoms with Gasteiger partial charge in [0, 0.05) is 24.2 Å². The van der Waals surface area contributed by atoms with Gasteiger partial charge in [-0.1, -0.05) is 24.3 Å². The third-order valence-electron chi connectivity index (χ3n) is 6.68. The quantitative estimate of drug-likeness (QED) is 0.823. The first-order valence-electron chi connectivity index (χ1n) is 8.78. The number of hydrogen-bond donors (Lipinski definition) is 2. The molecule has 5 aliphatic heterocycles. The maximum Gasteiger partial charge on any atom is 0.187 e. The Labute approximate surface area is 137 Å². The first kappa shape index (κ1) is 14.0. The zero-order valence-electron chi connectivity index (χ0n) is 13.4. The number of para-hydroxylation sites is 1. The molecule has 4 heteroatoms. The van der Waals surface area contributed by atoms with E-state index in [9.17, 15) is 5.11 Å². The monoisotopic (exact) mass is 312 g/mol. The number of aliphatic hydroxyl groups is 1. The van der Waals surface area contributed by atoms with E-state index in [1.54, 1.807) is 0 Å². The van der Waals surface area contributed by atoms with Gasteiger partial charge in [0.1, 0.15) is 5.60 Å². The van der Waals surface area contributed by atoms with Gasteiger partial charge in [-0.15, -0.1) is 6.58 Å². The van der Waals surface area contributed by atoms with Crippen LogP contribution in [0.15, 0.2) is 36.9 Å². The summed E-state index contributed by atoms with van der Waals surface area (Å²) < 4.78 is 6.28. The molecule has 2 bridgehead atoms. The van der Waals surface area contributed by atoms with Crippen LogP contribution < -0.4 is 5.32 Å². The minimum absolute atomic E-state index is 0.220. The van der Waals surface area contributed by atoms with Gasteiger partial charge in [-0.2, -0.15) is 0 Å². The summed E-state index contributed by atoms with van der Waals surface area (Å²) in [5.74, 6) is 1.24. The highest BCUT2D eigenvalue weighted by atomic mass is 16.5. The van der Waals surface area contributed by atoms with Crippen molar-refractivity contribution < 1.29 is 9.84 Å². The summed E-state index contributed by atoms with van der Waals surface area (Å²) in [5.41, 5.74) is 0.412. The van der Waals surface area contributed by atoms with Crippen LogP contribution in [0.5, 0.6) is 0 Å². The minimum atomic E-state index is -0.921. The van der Waals surface area contributed by atoms with E-state index < -0.39 is 11.3 Å². The highest BCUT2D eigenvalue weighted by molar-refractivity contribution is 5.63. The predicted octanol–water partition coefficient (Wildman–Crippen LogP) is 2.31. The number of nitrogens with one attached hydrogen (secondary N) is 1. The highest BCUT2D eigenvalue weighted by Crippen LogP contribution is 2.57. The van der Waals surface area contributed by atoms with E-state index in [2.05, 4.69) is 28.9 Å². The molecule has 6 rings (SSSR count). The van der Waals surface area contributed by atoms with Gasteiger partial charge in [0.15, 0.2) is 5.72 Å². The molecule has 0 saturated carbocycles. The second kappa shape index (κ2) is 4.59. The van der Waals surface area contributed by atoms with E-state index in [4.69, 9.17) is 4.74 Å². The molecule has 0 amide bonds. The van der Waals surface area contributed by atoms with Gasteiger partial charge >= 0.3 is 0 Å². The van der Waals surface area contributed by atoms with Gasteiger partial charge < -0.3 is 15.2 Å². The maximum atomic E-state index is 11.6. The van der Waals surface area contributed by atoms with Gasteiger partial charge in [0.25, 0.3) is 0 Å². The van der Waals surface area contributed by atoms with Crippen molar-refractivity contribution in [3.8, 4) is 0 Å². The van der Waals surface area contributed by atoms with Gasteiger partial charge in [-0.05, 0) is 37.3 Å². The smallest absolute Gasteiger partial charge is 0.187 e. The number of nitrogens with zero attached hydrogens (tertiary/aromatic N) is 1. The minimum Gasteiger partial charge on any atom is -0.380 e. The summed E-state index contributed by atoms with van der Waals surface area (Å²) in [5, 5.41) is 15.2. The van der Waals surface area contributed by atoms with Crippen molar-refractivity contribution in [2.45, 2.75) is 36.6 Å². The average Bonchev–Trinajstić information content (AvgIpc) is 3.05. The Morgan fingerprint density at radius 1 is 1.39 bits per heavy atom. The second-order valence-electron chi connectivity index (χ2n) is 7.56. The Morgan fingerprint density at radius 3 is 3.04 bits per heavy atom. The molecule has 5 aliphatic rings. The first-order chi connectivity index (χ1) is 11.2. The zero-order valence-corrected chi connectivity index (χ0v) is 13.4. The summed E-state index contributed by atoms with van der Waals surface area (Å²) >= 11 is 0. The number of fused-ring (bicyclic) bond motifs is 7. The number of rotatable bonds is 2. The fourth-order valence-electron chi connectivity index (χ4n) is 5.51. The van der Waals surface area contributed by atoms with Crippen LogP contribution in [-0.4, -0.2) is 41.5 Å². The topological polar surface area (TPSA) is 44.7 Å². The Bertz CT molecular complexity index is 663. The molecule has 4 fully saturated rings. The van der Waals surface area contributed by atoms with Crippen molar-refractivity contribution in [3.05, 3.63) is 42.5 Å². The molecule has 0 spiro atoms. The molecule has 4 nitrogen and oxygen atoms in total. The summed E-state index contributed by atoms with van der Waals surface area (Å²) in [4.78, 5) is 2.52. The molecule has 0 radical (unpaired) electrons. The van der Waals surface area contributed by atoms with Crippen molar-refractivity contribution >= 4 is 5.69 Å². The number of ether oxygens (including phenoxy) is 1. The molecule has 2 N–H and O–H groups in total. The predicted molar refractivity (Wildman–Crippen MR) is 89.0 cm³/mol. The molecular formula is C19H24N2O2. The largest absolute Gasteiger partial charge is 0.380 e. The highest BCUT2D eigenvalue weighted by Gasteiger charge is 2.67. The lowest BCUT2D eigenvalue weighted by atomic mass is 9.70. The van der Waals surface area contributed by atoms with Crippen LogP contribution in [0.3, 0.4) is 0 Å². The Morgan fingerprint density at radius 2 is 2.26 bits per heavy atom. The van der Waals surface area contributed by atoms with Crippen molar-refractivity contribution in [2.24, 2.45) is 11.8 Å². The Hall–Kier alpha value is -1.36. The number of anilines is 1. The summed E-state index contributed by atoms with van der Waals surface area (Å²) in [6.07, 6.45) is 5.08. The summed E-state index contributed by atoms with van der Waals surface area (Å²) in [6.45, 7) is 6.76. The number of benzene rings is 1. The fraction of sp³-hybridized carbons (Fsp3) is 0.579. The molecule has 4 saturated heterocycles. The van der Waals surface area contributed by atoms with E-state index in [0.717, 1.165) is 30.8 Å². The lowest BCUT2D eigenvalue weighted by Gasteiger charge is -2.55. The van der Waals surface area contributed by atoms with Crippen LogP contribution in [0.2, 0.25) is 0 Å². The average molecular weight is 312 g/mol. The standard InChI is InChI=1S/C19H24N2O2/c1-2-13-12-21-9-7-14(13)11-17(21)19-18(22,8-10-23-19)15-5-3-4-6-16(15)20-19/h2-6,13-14,17,20,22H,1,7-12H2/t13-,14+,17+,18-,19+/m0/s1. The van der Waals surface area contributed by atoms with Gasteiger partial charge in [0.05, 0.1) is 12.6 Å².